The summed E-state index contributed by atoms with van der Waals surface area (Å²) < 4.78 is 17.3. The quantitative estimate of drug-likeness (QED) is 0.426. The van der Waals surface area contributed by atoms with Gasteiger partial charge in [-0.2, -0.15) is 0 Å². The normalized spacial score (nSPS) is 17.3. The number of benzene rings is 2. The average molecular weight is 426 g/mol. The van der Waals surface area contributed by atoms with E-state index < -0.39 is 5.60 Å². The van der Waals surface area contributed by atoms with Crippen molar-refractivity contribution in [2.75, 3.05) is 32.8 Å². The number of nitrogens with zero attached hydrogens (tertiary/aromatic N) is 1. The summed E-state index contributed by atoms with van der Waals surface area (Å²) in [6.07, 6.45) is 2.43. The molecule has 1 aliphatic heterocycles. The molecule has 0 amide bonds. The molecule has 1 saturated heterocycles. The predicted octanol–water partition coefficient (Wildman–Crippen LogP) is 4.80. The van der Waals surface area contributed by atoms with Crippen LogP contribution in [0.1, 0.15) is 50.8 Å². The maximum atomic E-state index is 12.0. The van der Waals surface area contributed by atoms with Crippen LogP contribution in [-0.4, -0.2) is 49.3 Å². The Morgan fingerprint density at radius 3 is 2.55 bits per heavy atom. The third kappa shape index (κ3) is 8.35. The van der Waals surface area contributed by atoms with E-state index in [-0.39, 0.29) is 12.1 Å². The van der Waals surface area contributed by atoms with Crippen LogP contribution in [-0.2, 0) is 20.7 Å². The summed E-state index contributed by atoms with van der Waals surface area (Å²) in [5, 5.41) is 0. The highest BCUT2D eigenvalue weighted by atomic mass is 16.6. The van der Waals surface area contributed by atoms with Crippen molar-refractivity contribution in [2.45, 2.75) is 51.7 Å². The molecule has 2 aromatic carbocycles. The van der Waals surface area contributed by atoms with Crippen LogP contribution in [0, 0.1) is 0 Å². The van der Waals surface area contributed by atoms with Gasteiger partial charge in [0.15, 0.2) is 0 Å². The molecular weight excluding hydrogens is 390 g/mol. The maximum Gasteiger partial charge on any atom is 0.307 e. The number of ether oxygens (including phenoxy) is 3. The Labute approximate surface area is 186 Å². The lowest BCUT2D eigenvalue weighted by atomic mass is 10.1. The molecule has 0 spiro atoms. The highest BCUT2D eigenvalue weighted by Gasteiger charge is 2.23. The predicted molar refractivity (Wildman–Crippen MR) is 122 cm³/mol. The third-order valence-corrected chi connectivity index (χ3v) is 5.18. The molecular formula is C26H35NO4. The summed E-state index contributed by atoms with van der Waals surface area (Å²) in [7, 11) is 0. The van der Waals surface area contributed by atoms with Crippen molar-refractivity contribution in [2.24, 2.45) is 0 Å². The van der Waals surface area contributed by atoms with E-state index in [9.17, 15) is 4.79 Å². The van der Waals surface area contributed by atoms with E-state index >= 15 is 0 Å². The minimum atomic E-state index is -0.435. The topological polar surface area (TPSA) is 48.0 Å². The lowest BCUT2D eigenvalue weighted by Crippen LogP contribution is -2.39. The van der Waals surface area contributed by atoms with Crippen molar-refractivity contribution in [1.29, 1.82) is 0 Å². The van der Waals surface area contributed by atoms with Gasteiger partial charge in [-0.05, 0) is 56.9 Å². The molecule has 5 heteroatoms. The smallest absolute Gasteiger partial charge is 0.307 e. The Bertz CT molecular complexity index is 798. The molecule has 1 unspecified atom stereocenters. The fraction of sp³-hybridized carbons (Fsp3) is 0.500. The van der Waals surface area contributed by atoms with Crippen LogP contribution in [0.15, 0.2) is 54.6 Å². The van der Waals surface area contributed by atoms with E-state index in [0.717, 1.165) is 37.2 Å². The van der Waals surface area contributed by atoms with Crippen molar-refractivity contribution < 1.29 is 19.0 Å². The molecule has 2 aromatic rings. The lowest BCUT2D eigenvalue weighted by molar-refractivity contribution is -0.155. The van der Waals surface area contributed by atoms with Crippen LogP contribution in [0.2, 0.25) is 0 Å². The molecule has 168 valence electrons. The average Bonchev–Trinajstić information content (AvgIpc) is 2.76. The van der Waals surface area contributed by atoms with Gasteiger partial charge in [-0.3, -0.25) is 9.69 Å². The summed E-state index contributed by atoms with van der Waals surface area (Å²) in [5.41, 5.74) is 2.04. The molecule has 1 heterocycles. The number of hydrogen-bond acceptors (Lipinski definition) is 5. The van der Waals surface area contributed by atoms with Gasteiger partial charge in [0, 0.05) is 19.6 Å². The van der Waals surface area contributed by atoms with E-state index in [4.69, 9.17) is 14.2 Å². The van der Waals surface area contributed by atoms with E-state index in [1.807, 2.05) is 39.0 Å². The number of morpholine rings is 1. The first-order valence-electron chi connectivity index (χ1n) is 11.2. The van der Waals surface area contributed by atoms with Crippen molar-refractivity contribution in [3.8, 4) is 5.75 Å². The Morgan fingerprint density at radius 2 is 1.84 bits per heavy atom. The second kappa shape index (κ2) is 11.3. The zero-order valence-electron chi connectivity index (χ0n) is 19.0. The number of carbonyl (C=O) groups excluding carboxylic acids is 1. The minimum absolute atomic E-state index is 0.0134. The minimum Gasteiger partial charge on any atom is -0.494 e. The first-order valence-corrected chi connectivity index (χ1v) is 11.2. The zero-order valence-corrected chi connectivity index (χ0v) is 19.0. The molecule has 1 atom stereocenters. The SMILES string of the molecule is CC(C)(C)OC(=O)CCN1CCOC(c2ccc(OCCCc3ccccc3)cc2)C1. The number of rotatable bonds is 9. The molecule has 31 heavy (non-hydrogen) atoms. The second-order valence-electron chi connectivity index (χ2n) is 9.00. The molecule has 0 aromatic heterocycles. The molecule has 0 N–H and O–H groups in total. The summed E-state index contributed by atoms with van der Waals surface area (Å²) in [4.78, 5) is 14.3. The van der Waals surface area contributed by atoms with Crippen LogP contribution in [0.5, 0.6) is 5.75 Å². The van der Waals surface area contributed by atoms with Gasteiger partial charge in [0.2, 0.25) is 0 Å². The Kier molecular flexibility index (Phi) is 8.50. The van der Waals surface area contributed by atoms with Crippen molar-refractivity contribution in [3.05, 3.63) is 65.7 Å². The fourth-order valence-corrected chi connectivity index (χ4v) is 3.64. The molecule has 3 rings (SSSR count). The third-order valence-electron chi connectivity index (χ3n) is 5.18. The molecule has 1 fully saturated rings. The molecule has 5 nitrogen and oxygen atoms in total. The second-order valence-corrected chi connectivity index (χ2v) is 9.00. The standard InChI is InChI=1S/C26H35NO4/c1-26(2,3)31-25(28)15-16-27-17-19-30-24(20-27)22-11-13-23(14-12-22)29-18-7-10-21-8-5-4-6-9-21/h4-6,8-9,11-14,24H,7,10,15-20H2,1-3H3. The van der Waals surface area contributed by atoms with Gasteiger partial charge in [-0.15, -0.1) is 0 Å². The van der Waals surface area contributed by atoms with Crippen LogP contribution in [0.25, 0.3) is 0 Å². The molecule has 0 radical (unpaired) electrons. The van der Waals surface area contributed by atoms with E-state index in [1.165, 1.54) is 5.56 Å². The summed E-state index contributed by atoms with van der Waals surface area (Å²) in [5.74, 6) is 0.735. The molecule has 0 aliphatic carbocycles. The number of hydrogen-bond donors (Lipinski definition) is 0. The first-order chi connectivity index (χ1) is 14.9. The van der Waals surface area contributed by atoms with Gasteiger partial charge in [-0.25, -0.2) is 0 Å². The number of esters is 1. The van der Waals surface area contributed by atoms with E-state index in [1.54, 1.807) is 0 Å². The van der Waals surface area contributed by atoms with Gasteiger partial charge in [0.25, 0.3) is 0 Å². The van der Waals surface area contributed by atoms with Crippen molar-refractivity contribution in [3.63, 3.8) is 0 Å². The van der Waals surface area contributed by atoms with Gasteiger partial charge < -0.3 is 14.2 Å². The molecule has 0 saturated carbocycles. The van der Waals surface area contributed by atoms with Crippen molar-refractivity contribution in [1.82, 2.24) is 4.90 Å². The number of carbonyl (C=O) groups is 1. The largest absolute Gasteiger partial charge is 0.494 e. The maximum absolute atomic E-state index is 12.0. The summed E-state index contributed by atoms with van der Waals surface area (Å²) >= 11 is 0. The first kappa shape index (κ1) is 23.3. The van der Waals surface area contributed by atoms with Crippen LogP contribution in [0.4, 0.5) is 0 Å². The molecule has 1 aliphatic rings. The van der Waals surface area contributed by atoms with Crippen molar-refractivity contribution >= 4 is 5.97 Å². The van der Waals surface area contributed by atoms with Gasteiger partial charge in [0.05, 0.1) is 25.7 Å². The van der Waals surface area contributed by atoms with E-state index in [2.05, 4.69) is 41.3 Å². The fourth-order valence-electron chi connectivity index (χ4n) is 3.64. The van der Waals surface area contributed by atoms with Crippen LogP contribution < -0.4 is 4.74 Å². The van der Waals surface area contributed by atoms with Gasteiger partial charge >= 0.3 is 5.97 Å². The lowest BCUT2D eigenvalue weighted by Gasteiger charge is -2.33. The summed E-state index contributed by atoms with van der Waals surface area (Å²) in [6.45, 7) is 9.35. The monoisotopic (exact) mass is 425 g/mol. The van der Waals surface area contributed by atoms with Crippen LogP contribution >= 0.6 is 0 Å². The van der Waals surface area contributed by atoms with Crippen LogP contribution in [0.3, 0.4) is 0 Å². The molecule has 0 bridgehead atoms. The zero-order chi connectivity index (χ0) is 22.1. The highest BCUT2D eigenvalue weighted by molar-refractivity contribution is 5.70. The summed E-state index contributed by atoms with van der Waals surface area (Å²) in [6, 6.07) is 18.7. The number of aryl methyl sites for hydroxylation is 1. The Balaban J connectivity index is 1.40. The van der Waals surface area contributed by atoms with E-state index in [0.29, 0.717) is 26.2 Å². The Morgan fingerprint density at radius 1 is 1.10 bits per heavy atom. The van der Waals surface area contributed by atoms with Gasteiger partial charge in [0.1, 0.15) is 11.4 Å². The Hall–Kier alpha value is -2.37. The highest BCUT2D eigenvalue weighted by Crippen LogP contribution is 2.24. The van der Waals surface area contributed by atoms with Gasteiger partial charge in [-0.1, -0.05) is 42.5 Å².